The van der Waals surface area contributed by atoms with E-state index < -0.39 is 10.1 Å². The van der Waals surface area contributed by atoms with Crippen molar-refractivity contribution in [3.63, 3.8) is 0 Å². The Labute approximate surface area is 220 Å². The minimum atomic E-state index is -4.42. The van der Waals surface area contributed by atoms with E-state index in [4.69, 9.17) is 0 Å². The predicted octanol–water partition coefficient (Wildman–Crippen LogP) is 3.77. The number of unbranched alkanes of at least 4 members (excludes halogenated alkanes) is 8. The summed E-state index contributed by atoms with van der Waals surface area (Å²) in [5.41, 5.74) is 2.71. The second-order valence-corrected chi connectivity index (χ2v) is 9.29. The second kappa shape index (κ2) is 14.3. The molecule has 0 saturated heterocycles. The van der Waals surface area contributed by atoms with Gasteiger partial charge in [0.25, 0.3) is 0 Å². The van der Waals surface area contributed by atoms with Gasteiger partial charge in [0.1, 0.15) is 10.1 Å². The number of hydrogen-bond donors (Lipinski definition) is 0. The van der Waals surface area contributed by atoms with Gasteiger partial charge in [0.15, 0.2) is 0 Å². The van der Waals surface area contributed by atoms with E-state index in [0.717, 1.165) is 30.0 Å². The van der Waals surface area contributed by atoms with Crippen molar-refractivity contribution in [2.45, 2.75) is 95.8 Å². The van der Waals surface area contributed by atoms with Gasteiger partial charge in [-0.1, -0.05) is 83.4 Å². The van der Waals surface area contributed by atoms with Gasteiger partial charge in [0, 0.05) is 0 Å². The molecular weight excluding hydrogens is 407 g/mol. The van der Waals surface area contributed by atoms with Crippen LogP contribution in [0.1, 0.15) is 89.2 Å². The molecule has 0 aliphatic heterocycles. The fourth-order valence-electron chi connectivity index (χ4n) is 3.83. The minimum absolute atomic E-state index is 0. The van der Waals surface area contributed by atoms with Crippen molar-refractivity contribution in [3.05, 3.63) is 41.5 Å². The Morgan fingerprint density at radius 3 is 1.66 bits per heavy atom. The number of aryl methyl sites for hydroxylation is 2. The Kier molecular flexibility index (Phi) is 13.5. The molecule has 2 rings (SSSR count). The quantitative estimate of drug-likeness (QED) is 0.269. The summed E-state index contributed by atoms with van der Waals surface area (Å²) in [6.45, 7) is 4.46. The van der Waals surface area contributed by atoms with Gasteiger partial charge in [-0.25, -0.2) is 8.42 Å². The van der Waals surface area contributed by atoms with Crippen molar-refractivity contribution >= 4 is 20.9 Å². The first-order chi connectivity index (χ1) is 13.5. The zero-order valence-corrected chi connectivity index (χ0v) is 22.4. The average molecular weight is 443 g/mol. The van der Waals surface area contributed by atoms with E-state index in [0.29, 0.717) is 0 Å². The van der Waals surface area contributed by atoms with Crippen LogP contribution in [0, 0.1) is 0 Å². The van der Waals surface area contributed by atoms with Crippen LogP contribution in [0.2, 0.25) is 0 Å². The van der Waals surface area contributed by atoms with Gasteiger partial charge in [-0.2, -0.15) is 0 Å². The molecular formula is C24H35KO3S. The van der Waals surface area contributed by atoms with Crippen molar-refractivity contribution in [3.8, 4) is 0 Å². The van der Waals surface area contributed by atoms with E-state index >= 15 is 0 Å². The molecule has 5 heteroatoms. The Balaban J connectivity index is 0.00000420. The molecule has 0 bridgehead atoms. The van der Waals surface area contributed by atoms with Gasteiger partial charge in [-0.3, -0.25) is 0 Å². The smallest absolute Gasteiger partial charge is 0.744 e. The summed E-state index contributed by atoms with van der Waals surface area (Å²) in [5.74, 6) is 0. The molecule has 156 valence electrons. The molecule has 0 atom stereocenters. The molecule has 0 saturated carbocycles. The first-order valence-corrected chi connectivity index (χ1v) is 12.4. The van der Waals surface area contributed by atoms with Crippen LogP contribution in [0.5, 0.6) is 0 Å². The SMILES string of the molecule is CCCCCCCc1cc2ccc(S(=O)(=O)[O-])cc2cc1CCCCCCC.[K+]. The summed E-state index contributed by atoms with van der Waals surface area (Å²) in [7, 11) is -4.42. The maximum absolute atomic E-state index is 11.4. The molecule has 3 nitrogen and oxygen atoms in total. The van der Waals surface area contributed by atoms with Gasteiger partial charge in [-0.05, 0) is 59.7 Å². The molecule has 0 aliphatic rings. The van der Waals surface area contributed by atoms with Crippen LogP contribution in [-0.2, 0) is 23.0 Å². The van der Waals surface area contributed by atoms with Crippen LogP contribution in [0.15, 0.2) is 35.2 Å². The molecule has 0 unspecified atom stereocenters. The van der Waals surface area contributed by atoms with Crippen molar-refractivity contribution in [1.29, 1.82) is 0 Å². The van der Waals surface area contributed by atoms with Gasteiger partial charge < -0.3 is 4.55 Å². The van der Waals surface area contributed by atoms with Gasteiger partial charge >= 0.3 is 51.4 Å². The number of fused-ring (bicyclic) bond motifs is 1. The van der Waals surface area contributed by atoms with Crippen LogP contribution in [0.4, 0.5) is 0 Å². The topological polar surface area (TPSA) is 57.2 Å². The zero-order chi connectivity index (χ0) is 20.4. The molecule has 2 aromatic carbocycles. The molecule has 0 fully saturated rings. The molecule has 0 radical (unpaired) electrons. The Morgan fingerprint density at radius 1 is 0.690 bits per heavy atom. The van der Waals surface area contributed by atoms with E-state index in [9.17, 15) is 13.0 Å². The summed E-state index contributed by atoms with van der Waals surface area (Å²) in [4.78, 5) is -0.138. The summed E-state index contributed by atoms with van der Waals surface area (Å²) >= 11 is 0. The number of rotatable bonds is 13. The maximum Gasteiger partial charge on any atom is 1.00 e. The Bertz CT molecular complexity index is 847. The van der Waals surface area contributed by atoms with Gasteiger partial charge in [0.05, 0.1) is 4.90 Å². The molecule has 29 heavy (non-hydrogen) atoms. The van der Waals surface area contributed by atoms with Crippen LogP contribution in [0.3, 0.4) is 0 Å². The normalized spacial score (nSPS) is 11.6. The molecule has 0 aromatic heterocycles. The van der Waals surface area contributed by atoms with Crippen LogP contribution in [0.25, 0.3) is 10.8 Å². The third-order valence-corrected chi connectivity index (χ3v) is 6.35. The molecule has 0 amide bonds. The summed E-state index contributed by atoms with van der Waals surface area (Å²) in [6, 6.07) is 9.05. The zero-order valence-electron chi connectivity index (χ0n) is 18.5. The van der Waals surface area contributed by atoms with Crippen LogP contribution in [-0.4, -0.2) is 13.0 Å². The molecule has 0 spiro atoms. The summed E-state index contributed by atoms with van der Waals surface area (Å²) in [5, 5.41) is 1.88. The first-order valence-electron chi connectivity index (χ1n) is 11.0. The Morgan fingerprint density at radius 2 is 1.17 bits per heavy atom. The largest absolute Gasteiger partial charge is 1.00 e. The van der Waals surface area contributed by atoms with E-state index in [-0.39, 0.29) is 56.3 Å². The van der Waals surface area contributed by atoms with E-state index in [1.54, 1.807) is 6.07 Å². The molecule has 2 aromatic rings. The third kappa shape index (κ3) is 9.50. The number of benzene rings is 2. The van der Waals surface area contributed by atoms with Crippen molar-refractivity contribution in [1.82, 2.24) is 0 Å². The average Bonchev–Trinajstić information content (AvgIpc) is 2.66. The van der Waals surface area contributed by atoms with Crippen LogP contribution < -0.4 is 51.4 Å². The molecule has 0 N–H and O–H groups in total. The van der Waals surface area contributed by atoms with E-state index in [1.807, 2.05) is 0 Å². The summed E-state index contributed by atoms with van der Waals surface area (Å²) < 4.78 is 34.1. The van der Waals surface area contributed by atoms with Crippen molar-refractivity contribution in [2.24, 2.45) is 0 Å². The monoisotopic (exact) mass is 442 g/mol. The molecule has 0 heterocycles. The predicted molar refractivity (Wildman–Crippen MR) is 117 cm³/mol. The second-order valence-electron chi connectivity index (χ2n) is 7.91. The third-order valence-electron chi connectivity index (χ3n) is 5.52. The van der Waals surface area contributed by atoms with Gasteiger partial charge in [-0.15, -0.1) is 0 Å². The Hall–Kier alpha value is 0.246. The van der Waals surface area contributed by atoms with E-state index in [1.165, 1.54) is 81.0 Å². The van der Waals surface area contributed by atoms with Crippen LogP contribution >= 0.6 is 0 Å². The van der Waals surface area contributed by atoms with Crippen molar-refractivity contribution in [2.75, 3.05) is 0 Å². The fraction of sp³-hybridized carbons (Fsp3) is 0.583. The minimum Gasteiger partial charge on any atom is -0.744 e. The van der Waals surface area contributed by atoms with Gasteiger partial charge in [0.2, 0.25) is 0 Å². The maximum atomic E-state index is 11.4. The fourth-order valence-corrected chi connectivity index (χ4v) is 4.34. The number of hydrogen-bond acceptors (Lipinski definition) is 3. The summed E-state index contributed by atoms with van der Waals surface area (Å²) in [6.07, 6.45) is 14.6. The molecule has 0 aliphatic carbocycles. The first kappa shape index (κ1) is 27.3. The van der Waals surface area contributed by atoms with Crippen molar-refractivity contribution < 1.29 is 64.4 Å². The van der Waals surface area contributed by atoms with E-state index in [2.05, 4.69) is 26.0 Å². The standard InChI is InChI=1S/C24H36O3S.K/c1-3-5-7-9-11-13-20-17-22-15-16-24(28(25,26)27)19-23(22)18-21(20)14-12-10-8-6-4-2;/h15-19H,3-14H2,1-2H3,(H,25,26,27);/q;+1/p-1.